The molecule has 0 radical (unpaired) electrons. The van der Waals surface area contributed by atoms with Gasteiger partial charge >= 0.3 is 12.1 Å². The minimum Gasteiger partial charge on any atom is -0.442 e. The van der Waals surface area contributed by atoms with E-state index in [9.17, 15) is 9.59 Å². The molecule has 1 rings (SSSR count). The van der Waals surface area contributed by atoms with Crippen molar-refractivity contribution in [1.82, 2.24) is 5.06 Å². The molecule has 1 saturated carbocycles. The van der Waals surface area contributed by atoms with E-state index in [4.69, 9.17) is 9.57 Å². The fourth-order valence-corrected chi connectivity index (χ4v) is 2.05. The van der Waals surface area contributed by atoms with Crippen molar-refractivity contribution in [2.24, 2.45) is 5.41 Å². The van der Waals surface area contributed by atoms with E-state index in [1.54, 1.807) is 27.7 Å². The van der Waals surface area contributed by atoms with Crippen LogP contribution in [0.1, 0.15) is 60.3 Å². The number of hydrogen-bond acceptors (Lipinski definition) is 4. The molecule has 0 aromatic heterocycles. The van der Waals surface area contributed by atoms with E-state index in [1.807, 2.05) is 6.92 Å². The van der Waals surface area contributed by atoms with E-state index in [0.29, 0.717) is 0 Å². The first-order chi connectivity index (χ1) is 8.74. The number of nitrogens with zero attached hydrogens (tertiary/aromatic N) is 1. The standard InChI is InChI=1S/C14H25NO4/c1-6-14(9-8-10-14)11(16)19-15(7-2)12(17)18-13(3,4)5/h6-10H2,1-5H3. The van der Waals surface area contributed by atoms with Crippen molar-refractivity contribution in [3.05, 3.63) is 0 Å². The molecule has 0 bridgehead atoms. The Morgan fingerprint density at radius 1 is 1.21 bits per heavy atom. The second kappa shape index (κ2) is 5.80. The summed E-state index contributed by atoms with van der Waals surface area (Å²) >= 11 is 0. The van der Waals surface area contributed by atoms with Gasteiger partial charge in [-0.1, -0.05) is 13.3 Å². The Morgan fingerprint density at radius 2 is 1.79 bits per heavy atom. The van der Waals surface area contributed by atoms with Crippen LogP contribution in [0.4, 0.5) is 4.79 Å². The van der Waals surface area contributed by atoms with Crippen molar-refractivity contribution in [1.29, 1.82) is 0 Å². The number of amides is 1. The minimum absolute atomic E-state index is 0.278. The number of hydroxylamine groups is 2. The lowest BCUT2D eigenvalue weighted by atomic mass is 9.67. The third kappa shape index (κ3) is 3.85. The summed E-state index contributed by atoms with van der Waals surface area (Å²) < 4.78 is 5.20. The highest BCUT2D eigenvalue weighted by Crippen LogP contribution is 2.44. The molecule has 0 atom stereocenters. The van der Waals surface area contributed by atoms with Crippen molar-refractivity contribution < 1.29 is 19.2 Å². The van der Waals surface area contributed by atoms with Crippen LogP contribution >= 0.6 is 0 Å². The van der Waals surface area contributed by atoms with Crippen LogP contribution in [0.2, 0.25) is 0 Å². The van der Waals surface area contributed by atoms with E-state index < -0.39 is 17.1 Å². The predicted octanol–water partition coefficient (Wildman–Crippen LogP) is 3.28. The molecule has 0 heterocycles. The van der Waals surface area contributed by atoms with E-state index in [1.165, 1.54) is 0 Å². The summed E-state index contributed by atoms with van der Waals surface area (Å²) in [5.74, 6) is -0.311. The number of ether oxygens (including phenoxy) is 1. The maximum atomic E-state index is 12.1. The van der Waals surface area contributed by atoms with Crippen molar-refractivity contribution in [2.45, 2.75) is 65.9 Å². The van der Waals surface area contributed by atoms with Crippen LogP contribution in [0.5, 0.6) is 0 Å². The first-order valence-electron chi connectivity index (χ1n) is 6.97. The highest BCUT2D eigenvalue weighted by atomic mass is 16.8. The summed E-state index contributed by atoms with van der Waals surface area (Å²) in [6.45, 7) is 9.33. The zero-order valence-corrected chi connectivity index (χ0v) is 12.6. The molecule has 1 fully saturated rings. The highest BCUT2D eigenvalue weighted by Gasteiger charge is 2.45. The van der Waals surface area contributed by atoms with Crippen molar-refractivity contribution >= 4 is 12.1 Å². The molecular formula is C14H25NO4. The molecule has 110 valence electrons. The number of carbonyl (C=O) groups excluding carboxylic acids is 2. The van der Waals surface area contributed by atoms with E-state index in [0.717, 1.165) is 30.7 Å². The Balaban J connectivity index is 2.61. The Kier molecular flexibility index (Phi) is 4.82. The van der Waals surface area contributed by atoms with Crippen LogP contribution in [-0.4, -0.2) is 29.3 Å². The maximum Gasteiger partial charge on any atom is 0.443 e. The second-order valence-electron chi connectivity index (χ2n) is 6.04. The maximum absolute atomic E-state index is 12.1. The summed E-state index contributed by atoms with van der Waals surface area (Å²) in [6.07, 6.45) is 2.86. The quantitative estimate of drug-likeness (QED) is 0.739. The topological polar surface area (TPSA) is 55.8 Å². The van der Waals surface area contributed by atoms with Gasteiger partial charge in [-0.25, -0.2) is 9.59 Å². The van der Waals surface area contributed by atoms with E-state index in [2.05, 4.69) is 0 Å². The fraction of sp³-hybridized carbons (Fsp3) is 0.857. The molecular weight excluding hydrogens is 246 g/mol. The van der Waals surface area contributed by atoms with Gasteiger partial charge in [-0.2, -0.15) is 0 Å². The Hall–Kier alpha value is -1.26. The molecule has 5 heteroatoms. The summed E-state index contributed by atoms with van der Waals surface area (Å²) in [5.41, 5.74) is -0.995. The molecule has 0 spiro atoms. The van der Waals surface area contributed by atoms with E-state index in [-0.39, 0.29) is 12.5 Å². The number of rotatable bonds is 3. The van der Waals surface area contributed by atoms with Gasteiger partial charge in [0.25, 0.3) is 0 Å². The Morgan fingerprint density at radius 3 is 2.11 bits per heavy atom. The van der Waals surface area contributed by atoms with Crippen molar-refractivity contribution in [3.8, 4) is 0 Å². The van der Waals surface area contributed by atoms with Crippen molar-refractivity contribution in [3.63, 3.8) is 0 Å². The average molecular weight is 271 g/mol. The average Bonchev–Trinajstić information content (AvgIpc) is 2.22. The Labute approximate surface area is 115 Å². The van der Waals surface area contributed by atoms with Gasteiger partial charge < -0.3 is 9.57 Å². The third-order valence-corrected chi connectivity index (χ3v) is 3.50. The summed E-state index contributed by atoms with van der Waals surface area (Å²) in [4.78, 5) is 29.2. The van der Waals surface area contributed by atoms with Crippen LogP contribution in [-0.2, 0) is 14.4 Å². The van der Waals surface area contributed by atoms with Gasteiger partial charge in [0.15, 0.2) is 0 Å². The molecule has 5 nitrogen and oxygen atoms in total. The third-order valence-electron chi connectivity index (χ3n) is 3.50. The molecule has 0 saturated heterocycles. The van der Waals surface area contributed by atoms with Gasteiger partial charge in [0.2, 0.25) is 0 Å². The molecule has 0 aromatic rings. The number of carbonyl (C=O) groups is 2. The monoisotopic (exact) mass is 271 g/mol. The summed E-state index contributed by atoms with van der Waals surface area (Å²) in [5, 5.41) is 1.00. The highest BCUT2D eigenvalue weighted by molar-refractivity contribution is 5.79. The van der Waals surface area contributed by atoms with Gasteiger partial charge in [0.05, 0.1) is 12.0 Å². The van der Waals surface area contributed by atoms with Gasteiger partial charge in [-0.15, -0.1) is 5.06 Å². The minimum atomic E-state index is -0.617. The molecule has 1 aliphatic rings. The molecule has 0 unspecified atom stereocenters. The van der Waals surface area contributed by atoms with Gasteiger partial charge in [-0.3, -0.25) is 0 Å². The van der Waals surface area contributed by atoms with E-state index >= 15 is 0 Å². The predicted molar refractivity (Wildman–Crippen MR) is 71.3 cm³/mol. The molecule has 1 aliphatic carbocycles. The smallest absolute Gasteiger partial charge is 0.442 e. The van der Waals surface area contributed by atoms with Gasteiger partial charge in [-0.05, 0) is 47.0 Å². The molecule has 0 N–H and O–H groups in total. The zero-order valence-electron chi connectivity index (χ0n) is 12.6. The summed E-state index contributed by atoms with van der Waals surface area (Å²) in [6, 6.07) is 0. The zero-order chi connectivity index (χ0) is 14.7. The van der Waals surface area contributed by atoms with Crippen LogP contribution in [0.3, 0.4) is 0 Å². The first kappa shape index (κ1) is 15.8. The molecule has 1 amide bonds. The fourth-order valence-electron chi connectivity index (χ4n) is 2.05. The summed E-state index contributed by atoms with van der Waals surface area (Å²) in [7, 11) is 0. The normalized spacial score (nSPS) is 17.3. The first-order valence-corrected chi connectivity index (χ1v) is 6.97. The molecule has 0 aromatic carbocycles. The van der Waals surface area contributed by atoms with Crippen LogP contribution < -0.4 is 0 Å². The largest absolute Gasteiger partial charge is 0.443 e. The SMILES string of the molecule is CCN(OC(=O)C1(CC)CCC1)C(=O)OC(C)(C)C. The lowest BCUT2D eigenvalue weighted by Gasteiger charge is -2.39. The second-order valence-corrected chi connectivity index (χ2v) is 6.04. The number of hydrogen-bond donors (Lipinski definition) is 0. The van der Waals surface area contributed by atoms with Gasteiger partial charge in [0, 0.05) is 0 Å². The van der Waals surface area contributed by atoms with Crippen LogP contribution in [0.25, 0.3) is 0 Å². The van der Waals surface area contributed by atoms with Crippen LogP contribution in [0.15, 0.2) is 0 Å². The van der Waals surface area contributed by atoms with Gasteiger partial charge in [0.1, 0.15) is 5.60 Å². The lowest BCUT2D eigenvalue weighted by molar-refractivity contribution is -0.201. The van der Waals surface area contributed by atoms with Crippen LogP contribution in [0, 0.1) is 5.41 Å². The Bertz CT molecular complexity index is 336. The molecule has 0 aliphatic heterocycles. The lowest BCUT2D eigenvalue weighted by Crippen LogP contribution is -2.45. The molecule has 19 heavy (non-hydrogen) atoms. The van der Waals surface area contributed by atoms with Crippen molar-refractivity contribution in [2.75, 3.05) is 6.54 Å².